The van der Waals surface area contributed by atoms with Crippen molar-refractivity contribution in [3.8, 4) is 0 Å². The molecule has 3 unspecified atom stereocenters. The van der Waals surface area contributed by atoms with Gasteiger partial charge >= 0.3 is 12.1 Å². The quantitative estimate of drug-likeness (QED) is 0.274. The van der Waals surface area contributed by atoms with E-state index in [1.54, 1.807) is 58.0 Å². The molecule has 4 amide bonds. The van der Waals surface area contributed by atoms with E-state index in [0.29, 0.717) is 0 Å². The molecule has 0 aliphatic heterocycles. The second-order valence-electron chi connectivity index (χ2n) is 10.1. The summed E-state index contributed by atoms with van der Waals surface area (Å²) in [5.74, 6) is -2.94. The minimum Gasteiger partial charge on any atom is -0.464 e. The summed E-state index contributed by atoms with van der Waals surface area (Å²) >= 11 is 0. The summed E-state index contributed by atoms with van der Waals surface area (Å²) in [6, 6.07) is 14.4. The molecule has 2 aromatic rings. The molecule has 2 rings (SSSR count). The van der Waals surface area contributed by atoms with Crippen LogP contribution in [-0.2, 0) is 41.5 Å². The maximum atomic E-state index is 13.5. The Morgan fingerprint density at radius 3 is 1.70 bits per heavy atom. The lowest BCUT2D eigenvalue weighted by molar-refractivity contribution is -0.147. The Kier molecular flexibility index (Phi) is 12.1. The van der Waals surface area contributed by atoms with E-state index in [1.807, 2.05) is 30.3 Å². The second-order valence-corrected chi connectivity index (χ2v) is 10.1. The summed E-state index contributed by atoms with van der Waals surface area (Å²) in [5.41, 5.74) is 5.98. The van der Waals surface area contributed by atoms with Crippen LogP contribution < -0.4 is 21.7 Å². The zero-order valence-electron chi connectivity index (χ0n) is 23.3. The van der Waals surface area contributed by atoms with Gasteiger partial charge in [-0.1, -0.05) is 60.7 Å². The largest absolute Gasteiger partial charge is 0.464 e. The number of nitrogens with two attached hydrogens (primary N) is 1. The number of carbonyl (C=O) groups is 5. The molecular weight excluding hydrogens is 516 g/mol. The molecule has 3 atom stereocenters. The number of hydrogen-bond acceptors (Lipinski definition) is 7. The van der Waals surface area contributed by atoms with Crippen LogP contribution in [0, 0.1) is 0 Å². The summed E-state index contributed by atoms with van der Waals surface area (Å²) in [6.07, 6.45) is -1.22. The van der Waals surface area contributed by atoms with Crippen LogP contribution in [0.25, 0.3) is 0 Å². The monoisotopic (exact) mass is 554 g/mol. The highest BCUT2D eigenvalue weighted by molar-refractivity contribution is 5.95. The van der Waals surface area contributed by atoms with Gasteiger partial charge in [0.15, 0.2) is 0 Å². The molecule has 0 heterocycles. The van der Waals surface area contributed by atoms with E-state index >= 15 is 0 Å². The predicted molar refractivity (Wildman–Crippen MR) is 148 cm³/mol. The van der Waals surface area contributed by atoms with Gasteiger partial charge in [0.2, 0.25) is 17.7 Å². The van der Waals surface area contributed by atoms with Gasteiger partial charge in [0.1, 0.15) is 23.7 Å². The third-order valence-electron chi connectivity index (χ3n) is 5.50. The average Bonchev–Trinajstić information content (AvgIpc) is 2.87. The van der Waals surface area contributed by atoms with Crippen LogP contribution in [0.3, 0.4) is 0 Å². The van der Waals surface area contributed by atoms with Gasteiger partial charge in [-0.3, -0.25) is 14.4 Å². The van der Waals surface area contributed by atoms with Crippen LogP contribution in [-0.4, -0.2) is 60.1 Å². The van der Waals surface area contributed by atoms with Crippen molar-refractivity contribution >= 4 is 29.8 Å². The number of amides is 4. The molecule has 0 saturated carbocycles. The molecule has 0 bridgehead atoms. The summed E-state index contributed by atoms with van der Waals surface area (Å²) in [7, 11) is 0. The van der Waals surface area contributed by atoms with Crippen molar-refractivity contribution in [2.45, 2.75) is 70.7 Å². The minimum absolute atomic E-state index is 0.0645. The van der Waals surface area contributed by atoms with Crippen LogP contribution in [0.15, 0.2) is 60.7 Å². The first kappa shape index (κ1) is 31.8. The molecule has 0 spiro atoms. The number of hydrogen-bond donors (Lipinski definition) is 4. The van der Waals surface area contributed by atoms with Gasteiger partial charge in [-0.2, -0.15) is 0 Å². The average molecular weight is 555 g/mol. The molecule has 11 heteroatoms. The van der Waals surface area contributed by atoms with Gasteiger partial charge in [-0.15, -0.1) is 0 Å². The molecule has 0 radical (unpaired) electrons. The fourth-order valence-electron chi connectivity index (χ4n) is 3.75. The van der Waals surface area contributed by atoms with Gasteiger partial charge in [0, 0.05) is 12.8 Å². The van der Waals surface area contributed by atoms with Gasteiger partial charge < -0.3 is 31.2 Å². The highest BCUT2D eigenvalue weighted by Crippen LogP contribution is 2.10. The number of ether oxygens (including phenoxy) is 2. The molecule has 5 N–H and O–H groups in total. The normalized spacial score (nSPS) is 13.2. The highest BCUT2D eigenvalue weighted by atomic mass is 16.6. The number of benzene rings is 2. The molecule has 11 nitrogen and oxygen atoms in total. The van der Waals surface area contributed by atoms with Crippen molar-refractivity contribution in [3.63, 3.8) is 0 Å². The third kappa shape index (κ3) is 11.5. The number of rotatable bonds is 13. The fourth-order valence-corrected chi connectivity index (χ4v) is 3.75. The van der Waals surface area contributed by atoms with E-state index in [4.69, 9.17) is 15.2 Å². The van der Waals surface area contributed by atoms with Crippen LogP contribution in [0.5, 0.6) is 0 Å². The van der Waals surface area contributed by atoms with Gasteiger partial charge in [-0.05, 0) is 38.8 Å². The van der Waals surface area contributed by atoms with Gasteiger partial charge in [-0.25, -0.2) is 9.59 Å². The minimum atomic E-state index is -1.40. The lowest BCUT2D eigenvalue weighted by Gasteiger charge is -2.26. The summed E-state index contributed by atoms with van der Waals surface area (Å²) in [6.45, 7) is 6.71. The molecule has 0 aliphatic carbocycles. The first-order chi connectivity index (χ1) is 18.9. The van der Waals surface area contributed by atoms with Crippen molar-refractivity contribution in [1.82, 2.24) is 16.0 Å². The number of carbonyl (C=O) groups excluding carboxylic acids is 5. The smallest absolute Gasteiger partial charge is 0.408 e. The van der Waals surface area contributed by atoms with Crippen molar-refractivity contribution in [2.75, 3.05) is 6.61 Å². The maximum absolute atomic E-state index is 13.5. The summed E-state index contributed by atoms with van der Waals surface area (Å²) in [5, 5.41) is 7.63. The van der Waals surface area contributed by atoms with E-state index in [-0.39, 0.29) is 19.4 Å². The SMILES string of the molecule is CCOC(=O)C(Cc1ccccc1)NC(=O)C(Cc1ccccc1)NC(=O)C(CC(N)=O)NC(=O)OC(C)(C)C. The molecular formula is C29H38N4O7. The summed E-state index contributed by atoms with van der Waals surface area (Å²) in [4.78, 5) is 63.5. The van der Waals surface area contributed by atoms with E-state index in [1.165, 1.54) is 0 Å². The lowest BCUT2D eigenvalue weighted by atomic mass is 10.0. The van der Waals surface area contributed by atoms with Crippen LogP contribution in [0.1, 0.15) is 45.2 Å². The number of primary amides is 1. The van der Waals surface area contributed by atoms with Crippen molar-refractivity contribution in [3.05, 3.63) is 71.8 Å². The molecule has 0 saturated heterocycles. The van der Waals surface area contributed by atoms with Gasteiger partial charge in [0.05, 0.1) is 13.0 Å². The predicted octanol–water partition coefficient (Wildman–Crippen LogP) is 1.77. The van der Waals surface area contributed by atoms with E-state index < -0.39 is 59.9 Å². The van der Waals surface area contributed by atoms with Crippen LogP contribution in [0.2, 0.25) is 0 Å². The molecule has 216 valence electrons. The topological polar surface area (TPSA) is 166 Å². The number of nitrogens with one attached hydrogen (secondary N) is 3. The standard InChI is InChI=1S/C29H38N4O7/c1-5-39-27(37)23(17-20-14-10-7-11-15-20)32-25(35)21(16-19-12-8-6-9-13-19)31-26(36)22(18-24(30)34)33-28(38)40-29(2,3)4/h6-15,21-23H,5,16-18H2,1-4H3,(H2,30,34)(H,31,36)(H,32,35)(H,33,38). The Balaban J connectivity index is 2.29. The fraction of sp³-hybridized carbons (Fsp3) is 0.414. The highest BCUT2D eigenvalue weighted by Gasteiger charge is 2.32. The number of alkyl carbamates (subject to hydrolysis) is 1. The Hall–Kier alpha value is -4.41. The van der Waals surface area contributed by atoms with Crippen LogP contribution in [0.4, 0.5) is 4.79 Å². The first-order valence-corrected chi connectivity index (χ1v) is 13.0. The molecule has 40 heavy (non-hydrogen) atoms. The Labute approximate surface area is 234 Å². The van der Waals surface area contributed by atoms with E-state index in [2.05, 4.69) is 16.0 Å². The van der Waals surface area contributed by atoms with Crippen LogP contribution >= 0.6 is 0 Å². The maximum Gasteiger partial charge on any atom is 0.408 e. The zero-order valence-corrected chi connectivity index (χ0v) is 23.3. The van der Waals surface area contributed by atoms with Crippen molar-refractivity contribution in [1.29, 1.82) is 0 Å². The molecule has 2 aromatic carbocycles. The first-order valence-electron chi connectivity index (χ1n) is 13.0. The molecule has 0 aliphatic rings. The van der Waals surface area contributed by atoms with Crippen molar-refractivity contribution < 1.29 is 33.4 Å². The lowest BCUT2D eigenvalue weighted by Crippen LogP contribution is -2.57. The molecule has 0 aromatic heterocycles. The Bertz CT molecular complexity index is 1150. The Morgan fingerprint density at radius 1 is 0.750 bits per heavy atom. The number of esters is 1. The molecule has 0 fully saturated rings. The van der Waals surface area contributed by atoms with Crippen molar-refractivity contribution in [2.24, 2.45) is 5.73 Å². The summed E-state index contributed by atoms with van der Waals surface area (Å²) < 4.78 is 10.4. The van der Waals surface area contributed by atoms with Gasteiger partial charge in [0.25, 0.3) is 0 Å². The third-order valence-corrected chi connectivity index (χ3v) is 5.50. The Morgan fingerprint density at radius 2 is 1.23 bits per heavy atom. The second kappa shape index (κ2) is 15.2. The van der Waals surface area contributed by atoms with E-state index in [9.17, 15) is 24.0 Å². The zero-order chi connectivity index (χ0) is 29.7. The van der Waals surface area contributed by atoms with E-state index in [0.717, 1.165) is 11.1 Å².